The fourth-order valence-corrected chi connectivity index (χ4v) is 0.287. The van der Waals surface area contributed by atoms with Gasteiger partial charge in [0.2, 0.25) is 0 Å². The zero-order valence-electron chi connectivity index (χ0n) is 7.30. The summed E-state index contributed by atoms with van der Waals surface area (Å²) in [5.74, 6) is -1.43. The van der Waals surface area contributed by atoms with E-state index in [0.29, 0.717) is 0 Å². The van der Waals surface area contributed by atoms with Crippen LogP contribution in [0.2, 0.25) is 0 Å². The van der Waals surface area contributed by atoms with Gasteiger partial charge >= 0.3 is 5.97 Å². The maximum Gasteiger partial charge on any atom is 0.359 e. The van der Waals surface area contributed by atoms with Crippen LogP contribution in [0, 0.1) is 0 Å². The molecule has 0 bridgehead atoms. The molecule has 0 aromatic carbocycles. The minimum atomic E-state index is -2.21. The standard InChI is InChI=1S/C5H11NO2/c1-6(2,3)4-5(7)8/h4H2,1-3H3/p+1/i4+1D2. The van der Waals surface area contributed by atoms with Crippen LogP contribution in [-0.4, -0.2) is 43.2 Å². The maximum atomic E-state index is 10.3. The molecule has 0 heterocycles. The van der Waals surface area contributed by atoms with E-state index < -0.39 is 12.5 Å². The summed E-state index contributed by atoms with van der Waals surface area (Å²) in [5, 5.41) is 8.39. The molecule has 0 spiro atoms. The van der Waals surface area contributed by atoms with Gasteiger partial charge in [-0.15, -0.1) is 0 Å². The maximum absolute atomic E-state index is 10.3. The summed E-state index contributed by atoms with van der Waals surface area (Å²) in [4.78, 5) is 10.3. The third-order valence-corrected chi connectivity index (χ3v) is 0.431. The normalized spacial score (nSPS) is 16.9. The monoisotopic (exact) mass is 121 g/mol. The van der Waals surface area contributed by atoms with E-state index >= 15 is 0 Å². The van der Waals surface area contributed by atoms with Crippen molar-refractivity contribution in [2.75, 3.05) is 27.6 Å². The molecule has 0 saturated heterocycles. The lowest BCUT2D eigenvalue weighted by Crippen LogP contribution is -2.39. The van der Waals surface area contributed by atoms with Crippen LogP contribution in [0.15, 0.2) is 0 Å². The van der Waals surface area contributed by atoms with E-state index in [-0.39, 0.29) is 4.48 Å². The van der Waals surface area contributed by atoms with Crippen molar-refractivity contribution in [3.05, 3.63) is 0 Å². The fourth-order valence-electron chi connectivity index (χ4n) is 0.287. The highest BCUT2D eigenvalue weighted by Gasteiger charge is 2.11. The van der Waals surface area contributed by atoms with E-state index in [1.807, 2.05) is 0 Å². The SMILES string of the molecule is [2H][13C]([2H])(C(=O)O)[N+](C)(C)C. The van der Waals surface area contributed by atoms with E-state index in [4.69, 9.17) is 7.85 Å². The van der Waals surface area contributed by atoms with Crippen LogP contribution in [0.4, 0.5) is 0 Å². The zero-order chi connectivity index (χ0) is 8.58. The second-order valence-corrected chi connectivity index (χ2v) is 2.43. The zero-order valence-corrected chi connectivity index (χ0v) is 5.30. The average molecular weight is 121 g/mol. The summed E-state index contributed by atoms with van der Waals surface area (Å²) in [6.45, 7) is -2.21. The van der Waals surface area contributed by atoms with Gasteiger partial charge in [-0.1, -0.05) is 0 Å². The Morgan fingerprint density at radius 1 is 1.75 bits per heavy atom. The number of carboxylic acid groups (broad SMARTS) is 1. The number of carboxylic acids is 1. The first kappa shape index (κ1) is 4.32. The summed E-state index contributed by atoms with van der Waals surface area (Å²) in [5.41, 5.74) is 0. The molecule has 0 aromatic heterocycles. The average Bonchev–Trinajstić information content (AvgIpc) is 1.62. The molecular formula is C5H12NO2+. The van der Waals surface area contributed by atoms with Gasteiger partial charge in [-0.3, -0.25) is 0 Å². The van der Waals surface area contributed by atoms with Crippen molar-refractivity contribution in [1.29, 1.82) is 0 Å². The van der Waals surface area contributed by atoms with Crippen LogP contribution in [0.25, 0.3) is 0 Å². The van der Waals surface area contributed by atoms with Crippen LogP contribution >= 0.6 is 0 Å². The van der Waals surface area contributed by atoms with Crippen molar-refractivity contribution in [2.45, 2.75) is 0 Å². The lowest BCUT2D eigenvalue weighted by Gasteiger charge is -2.20. The second-order valence-electron chi connectivity index (χ2n) is 2.43. The Bertz CT molecular complexity index is 150. The summed E-state index contributed by atoms with van der Waals surface area (Å²) >= 11 is 0. The van der Waals surface area contributed by atoms with E-state index in [0.717, 1.165) is 0 Å². The number of hydrogen-bond acceptors (Lipinski definition) is 1. The molecule has 0 radical (unpaired) electrons. The molecule has 0 atom stereocenters. The largest absolute Gasteiger partial charge is 0.477 e. The molecule has 0 unspecified atom stereocenters. The smallest absolute Gasteiger partial charge is 0.359 e. The van der Waals surface area contributed by atoms with Crippen molar-refractivity contribution in [3.8, 4) is 0 Å². The van der Waals surface area contributed by atoms with Crippen molar-refractivity contribution >= 4 is 5.97 Å². The number of likely N-dealkylation sites (N-methyl/N-ethyl adjacent to an activating group) is 1. The molecule has 0 aliphatic rings. The van der Waals surface area contributed by atoms with E-state index in [1.54, 1.807) is 0 Å². The predicted octanol–water partition coefficient (Wildman–Crippen LogP) is -0.223. The first-order chi connectivity index (χ1) is 4.19. The first-order valence-corrected chi connectivity index (χ1v) is 2.24. The molecule has 3 heteroatoms. The van der Waals surface area contributed by atoms with Gasteiger partial charge in [0, 0.05) is 0 Å². The van der Waals surface area contributed by atoms with Crippen molar-refractivity contribution in [1.82, 2.24) is 0 Å². The van der Waals surface area contributed by atoms with Crippen molar-refractivity contribution in [2.24, 2.45) is 0 Å². The molecule has 0 saturated carbocycles. The van der Waals surface area contributed by atoms with Gasteiger partial charge in [0.15, 0.2) is 6.50 Å². The third kappa shape index (κ3) is 5.43. The summed E-state index contributed by atoms with van der Waals surface area (Å²) < 4.78 is 13.9. The third-order valence-electron chi connectivity index (χ3n) is 0.431. The van der Waals surface area contributed by atoms with Crippen molar-refractivity contribution < 1.29 is 17.1 Å². The van der Waals surface area contributed by atoms with Crippen LogP contribution in [0.3, 0.4) is 0 Å². The molecule has 48 valence electrons. The van der Waals surface area contributed by atoms with Gasteiger partial charge in [-0.05, 0) is 0 Å². The highest BCUT2D eigenvalue weighted by molar-refractivity contribution is 5.67. The Morgan fingerprint density at radius 3 is 2.12 bits per heavy atom. The number of rotatable bonds is 2. The summed E-state index contributed by atoms with van der Waals surface area (Å²) in [6, 6.07) is 0. The lowest BCUT2D eigenvalue weighted by atomic mass is 10.8. The Morgan fingerprint density at radius 2 is 2.12 bits per heavy atom. The quantitative estimate of drug-likeness (QED) is 0.405. The molecule has 0 amide bonds. The number of hydrogen-bond donors (Lipinski definition) is 1. The van der Waals surface area contributed by atoms with Crippen LogP contribution in [0.5, 0.6) is 0 Å². The van der Waals surface area contributed by atoms with Crippen molar-refractivity contribution in [3.63, 3.8) is 0 Å². The fraction of sp³-hybridized carbons (Fsp3) is 0.800. The summed E-state index contributed by atoms with van der Waals surface area (Å²) in [7, 11) is 4.48. The second kappa shape index (κ2) is 2.13. The molecule has 3 nitrogen and oxygen atoms in total. The van der Waals surface area contributed by atoms with Crippen LogP contribution in [-0.2, 0) is 4.79 Å². The first-order valence-electron chi connectivity index (χ1n) is 3.24. The molecular weight excluding hydrogens is 107 g/mol. The molecule has 0 aliphatic carbocycles. The van der Waals surface area contributed by atoms with Gasteiger partial charge in [0.25, 0.3) is 0 Å². The minimum absolute atomic E-state index is 0.234. The van der Waals surface area contributed by atoms with Gasteiger partial charge in [0.1, 0.15) is 2.74 Å². The molecule has 8 heavy (non-hydrogen) atoms. The van der Waals surface area contributed by atoms with E-state index in [1.165, 1.54) is 21.1 Å². The molecule has 0 aliphatic heterocycles. The summed E-state index contributed by atoms with van der Waals surface area (Å²) in [6.07, 6.45) is 0. The van der Waals surface area contributed by atoms with Gasteiger partial charge < -0.3 is 9.59 Å². The highest BCUT2D eigenvalue weighted by Crippen LogP contribution is 1.86. The van der Waals surface area contributed by atoms with E-state index in [9.17, 15) is 4.79 Å². The number of aliphatic carboxylic acids is 1. The Kier molecular flexibility index (Phi) is 1.15. The Balaban J connectivity index is 4.57. The predicted molar refractivity (Wildman–Crippen MR) is 30.5 cm³/mol. The van der Waals surface area contributed by atoms with Crippen LogP contribution < -0.4 is 0 Å². The van der Waals surface area contributed by atoms with E-state index in [2.05, 4.69) is 0 Å². The molecule has 1 N–H and O–H groups in total. The molecule has 0 fully saturated rings. The minimum Gasteiger partial charge on any atom is -0.477 e. The molecule has 0 rings (SSSR count). The van der Waals surface area contributed by atoms with Gasteiger partial charge in [-0.25, -0.2) is 4.79 Å². The molecule has 0 aromatic rings. The number of quaternary nitrogens is 1. The van der Waals surface area contributed by atoms with Crippen LogP contribution in [0.1, 0.15) is 2.74 Å². The highest BCUT2D eigenvalue weighted by atomic mass is 16.4. The number of carbonyl (C=O) groups is 1. The number of nitrogens with zero attached hydrogens (tertiary/aromatic N) is 1. The topological polar surface area (TPSA) is 37.3 Å². The Hall–Kier alpha value is -0.570. The lowest BCUT2D eigenvalue weighted by molar-refractivity contribution is -0.862. The van der Waals surface area contributed by atoms with Gasteiger partial charge in [0.05, 0.1) is 21.1 Å². The van der Waals surface area contributed by atoms with Gasteiger partial charge in [-0.2, -0.15) is 0 Å². The Labute approximate surface area is 51.9 Å².